The number of carbonyl (C=O) groups is 3. The molecule has 220 valence electrons. The Labute approximate surface area is 258 Å². The van der Waals surface area contributed by atoms with Crippen molar-refractivity contribution in [1.82, 2.24) is 4.90 Å². The van der Waals surface area contributed by atoms with Crippen LogP contribution in [0.15, 0.2) is 53.4 Å². The molecule has 8 nitrogen and oxygen atoms in total. The van der Waals surface area contributed by atoms with Crippen LogP contribution in [0.3, 0.4) is 0 Å². The zero-order chi connectivity index (χ0) is 30.4. The van der Waals surface area contributed by atoms with Crippen LogP contribution in [0.25, 0.3) is 6.08 Å². The number of ether oxygens (including phenoxy) is 3. The van der Waals surface area contributed by atoms with E-state index in [1.807, 2.05) is 39.0 Å². The van der Waals surface area contributed by atoms with E-state index < -0.39 is 11.8 Å². The van der Waals surface area contributed by atoms with Gasteiger partial charge >= 0.3 is 0 Å². The minimum atomic E-state index is -0.420. The molecule has 0 bridgehead atoms. The number of hydrogen-bond acceptors (Lipinski definition) is 7. The summed E-state index contributed by atoms with van der Waals surface area (Å²) in [5.74, 6) is 0.368. The van der Waals surface area contributed by atoms with Crippen LogP contribution in [0.2, 0.25) is 10.0 Å². The third-order valence-electron chi connectivity index (χ3n) is 6.22. The molecule has 3 aromatic rings. The van der Waals surface area contributed by atoms with Gasteiger partial charge in [0.1, 0.15) is 12.4 Å². The fraction of sp³-hybridized carbons (Fsp3) is 0.258. The third-order valence-corrected chi connectivity index (χ3v) is 7.82. The van der Waals surface area contributed by atoms with Crippen LogP contribution in [0, 0.1) is 20.8 Å². The molecule has 0 aliphatic carbocycles. The number of aryl methyl sites for hydroxylation is 3. The standard InChI is InChI=1S/C31H30Cl2N2O6S/c1-5-39-26-14-21(13-24(33)29(26)41-17-28(36)34-22-9-8-19(3)23(32)16-22)15-27-30(37)35(31(38)42-27)10-11-40-25-12-18(2)6-7-20(25)4/h6-9,12-16H,5,10-11,17H2,1-4H3,(H,34,36)/b27-15-. The highest BCUT2D eigenvalue weighted by molar-refractivity contribution is 8.18. The van der Waals surface area contributed by atoms with Crippen molar-refractivity contribution in [2.24, 2.45) is 0 Å². The van der Waals surface area contributed by atoms with Gasteiger partial charge in [-0.15, -0.1) is 0 Å². The van der Waals surface area contributed by atoms with Crippen molar-refractivity contribution in [3.8, 4) is 17.2 Å². The minimum Gasteiger partial charge on any atom is -0.491 e. The molecule has 3 amide bonds. The van der Waals surface area contributed by atoms with Gasteiger partial charge in [0.2, 0.25) is 0 Å². The van der Waals surface area contributed by atoms with Crippen molar-refractivity contribution >= 4 is 63.8 Å². The molecule has 0 aromatic heterocycles. The highest BCUT2D eigenvalue weighted by Gasteiger charge is 2.35. The van der Waals surface area contributed by atoms with Crippen LogP contribution in [0.5, 0.6) is 17.2 Å². The van der Waals surface area contributed by atoms with Crippen LogP contribution < -0.4 is 19.5 Å². The molecule has 4 rings (SSSR count). The number of nitrogens with one attached hydrogen (secondary N) is 1. The van der Waals surface area contributed by atoms with Crippen molar-refractivity contribution in [3.63, 3.8) is 0 Å². The summed E-state index contributed by atoms with van der Waals surface area (Å²) in [6.07, 6.45) is 1.57. The first-order valence-electron chi connectivity index (χ1n) is 13.2. The van der Waals surface area contributed by atoms with Crippen LogP contribution in [-0.4, -0.2) is 48.3 Å². The minimum absolute atomic E-state index is 0.115. The topological polar surface area (TPSA) is 94.2 Å². The molecule has 1 aliphatic heterocycles. The van der Waals surface area contributed by atoms with Gasteiger partial charge in [0.05, 0.1) is 23.1 Å². The Morgan fingerprint density at radius 2 is 1.69 bits per heavy atom. The van der Waals surface area contributed by atoms with Gasteiger partial charge in [-0.25, -0.2) is 0 Å². The number of anilines is 1. The van der Waals surface area contributed by atoms with Crippen molar-refractivity contribution < 1.29 is 28.6 Å². The van der Waals surface area contributed by atoms with Crippen molar-refractivity contribution in [2.75, 3.05) is 31.7 Å². The van der Waals surface area contributed by atoms with E-state index in [-0.39, 0.29) is 40.7 Å². The number of halogens is 2. The molecule has 3 aromatic carbocycles. The van der Waals surface area contributed by atoms with Gasteiger partial charge in [-0.1, -0.05) is 41.4 Å². The number of rotatable bonds is 11. The zero-order valence-electron chi connectivity index (χ0n) is 23.6. The molecular weight excluding hydrogens is 599 g/mol. The van der Waals surface area contributed by atoms with Crippen LogP contribution in [0.1, 0.15) is 29.2 Å². The molecule has 0 saturated carbocycles. The number of imide groups is 1. The summed E-state index contributed by atoms with van der Waals surface area (Å²) in [4.78, 5) is 39.5. The molecule has 11 heteroatoms. The Morgan fingerprint density at radius 3 is 2.43 bits per heavy atom. The molecule has 42 heavy (non-hydrogen) atoms. The molecular formula is C31H30Cl2N2O6S. The van der Waals surface area contributed by atoms with Crippen molar-refractivity contribution in [1.29, 1.82) is 0 Å². The molecule has 1 N–H and O–H groups in total. The second-order valence-corrected chi connectivity index (χ2v) is 11.3. The predicted molar refractivity (Wildman–Crippen MR) is 167 cm³/mol. The largest absolute Gasteiger partial charge is 0.491 e. The first kappa shape index (κ1) is 31.3. The Kier molecular flexibility index (Phi) is 10.4. The number of benzene rings is 3. The van der Waals surface area contributed by atoms with E-state index in [9.17, 15) is 14.4 Å². The summed E-state index contributed by atoms with van der Waals surface area (Å²) in [5.41, 5.74) is 4.00. The summed E-state index contributed by atoms with van der Waals surface area (Å²) in [6, 6.07) is 14.3. The lowest BCUT2D eigenvalue weighted by Gasteiger charge is -2.15. The van der Waals surface area contributed by atoms with Crippen LogP contribution >= 0.6 is 35.0 Å². The maximum absolute atomic E-state index is 13.0. The molecule has 0 spiro atoms. The molecule has 1 aliphatic rings. The van der Waals surface area contributed by atoms with E-state index in [0.717, 1.165) is 39.1 Å². The smallest absolute Gasteiger partial charge is 0.293 e. The number of thioether (sulfide) groups is 1. The lowest BCUT2D eigenvalue weighted by molar-refractivity contribution is -0.123. The van der Waals surface area contributed by atoms with E-state index in [4.69, 9.17) is 37.4 Å². The van der Waals surface area contributed by atoms with Gasteiger partial charge in [0.25, 0.3) is 17.1 Å². The number of carbonyl (C=O) groups excluding carboxylic acids is 3. The van der Waals surface area contributed by atoms with Crippen LogP contribution in [0.4, 0.5) is 10.5 Å². The quantitative estimate of drug-likeness (QED) is 0.220. The molecule has 0 radical (unpaired) electrons. The van der Waals surface area contributed by atoms with Gasteiger partial charge in [0, 0.05) is 10.7 Å². The monoisotopic (exact) mass is 628 g/mol. The fourth-order valence-corrected chi connectivity index (χ4v) is 5.35. The zero-order valence-corrected chi connectivity index (χ0v) is 25.9. The van der Waals surface area contributed by atoms with E-state index in [1.165, 1.54) is 0 Å². The van der Waals surface area contributed by atoms with Crippen LogP contribution in [-0.2, 0) is 9.59 Å². The van der Waals surface area contributed by atoms with Gasteiger partial charge in [-0.3, -0.25) is 19.3 Å². The third kappa shape index (κ3) is 7.79. The van der Waals surface area contributed by atoms with Gasteiger partial charge in [-0.2, -0.15) is 0 Å². The molecule has 1 heterocycles. The second-order valence-electron chi connectivity index (χ2n) is 9.51. The fourth-order valence-electron chi connectivity index (χ4n) is 4.03. The molecule has 1 fully saturated rings. The average Bonchev–Trinajstić information content (AvgIpc) is 3.19. The van der Waals surface area contributed by atoms with E-state index >= 15 is 0 Å². The van der Waals surface area contributed by atoms with Gasteiger partial charge in [-0.05, 0) is 98.1 Å². The Hall–Kier alpha value is -3.66. The maximum Gasteiger partial charge on any atom is 0.293 e. The number of hydrogen-bond donors (Lipinski definition) is 1. The first-order chi connectivity index (χ1) is 20.0. The highest BCUT2D eigenvalue weighted by atomic mass is 35.5. The summed E-state index contributed by atoms with van der Waals surface area (Å²) in [6.45, 7) is 7.84. The molecule has 0 unspecified atom stereocenters. The number of nitrogens with zero attached hydrogens (tertiary/aromatic N) is 1. The maximum atomic E-state index is 13.0. The van der Waals surface area contributed by atoms with Gasteiger partial charge < -0.3 is 19.5 Å². The molecule has 0 atom stereocenters. The van der Waals surface area contributed by atoms with E-state index in [0.29, 0.717) is 28.6 Å². The van der Waals surface area contributed by atoms with E-state index in [1.54, 1.807) is 43.3 Å². The Bertz CT molecular complexity index is 1560. The van der Waals surface area contributed by atoms with Gasteiger partial charge in [0.15, 0.2) is 18.1 Å². The van der Waals surface area contributed by atoms with Crippen molar-refractivity contribution in [2.45, 2.75) is 27.7 Å². The Morgan fingerprint density at radius 1 is 0.929 bits per heavy atom. The lowest BCUT2D eigenvalue weighted by Crippen LogP contribution is -2.32. The average molecular weight is 630 g/mol. The number of amides is 3. The summed E-state index contributed by atoms with van der Waals surface area (Å²) in [7, 11) is 0. The summed E-state index contributed by atoms with van der Waals surface area (Å²) < 4.78 is 17.3. The SMILES string of the molecule is CCOc1cc(/C=C2\SC(=O)N(CCOc3cc(C)ccc3C)C2=O)cc(Cl)c1OCC(=O)Nc1ccc(C)c(Cl)c1. The Balaban J connectivity index is 1.42. The summed E-state index contributed by atoms with van der Waals surface area (Å²) >= 11 is 13.5. The highest BCUT2D eigenvalue weighted by Crippen LogP contribution is 2.39. The first-order valence-corrected chi connectivity index (χ1v) is 14.7. The predicted octanol–water partition coefficient (Wildman–Crippen LogP) is 7.45. The van der Waals surface area contributed by atoms with Crippen molar-refractivity contribution in [3.05, 3.63) is 85.7 Å². The normalized spacial score (nSPS) is 14.0. The lowest BCUT2D eigenvalue weighted by atomic mass is 10.1. The molecule has 1 saturated heterocycles. The second kappa shape index (κ2) is 14.0. The van der Waals surface area contributed by atoms with E-state index in [2.05, 4.69) is 5.32 Å². The summed E-state index contributed by atoms with van der Waals surface area (Å²) in [5, 5.41) is 3.06.